The van der Waals surface area contributed by atoms with Crippen LogP contribution >= 0.6 is 11.6 Å². The van der Waals surface area contributed by atoms with Crippen molar-refractivity contribution in [1.82, 2.24) is 0 Å². The van der Waals surface area contributed by atoms with Gasteiger partial charge in [-0.15, -0.1) is 0 Å². The van der Waals surface area contributed by atoms with Gasteiger partial charge in [0, 0.05) is 11.1 Å². The van der Waals surface area contributed by atoms with Crippen LogP contribution in [-0.4, -0.2) is 4.92 Å². The zero-order chi connectivity index (χ0) is 13.8. The van der Waals surface area contributed by atoms with Gasteiger partial charge in [-0.05, 0) is 31.2 Å². The van der Waals surface area contributed by atoms with Crippen molar-refractivity contribution >= 4 is 17.3 Å². The summed E-state index contributed by atoms with van der Waals surface area (Å²) in [7, 11) is 0. The smallest absolute Gasteiger partial charge is 0.276 e. The van der Waals surface area contributed by atoms with Crippen LogP contribution < -0.4 is 4.74 Å². The summed E-state index contributed by atoms with van der Waals surface area (Å²) in [6.07, 6.45) is 0. The summed E-state index contributed by atoms with van der Waals surface area (Å²) < 4.78 is 5.53. The lowest BCUT2D eigenvalue weighted by Crippen LogP contribution is -2.00. The Hall–Kier alpha value is -2.07. The van der Waals surface area contributed by atoms with Gasteiger partial charge in [0.05, 0.1) is 10.5 Å². The zero-order valence-corrected chi connectivity index (χ0v) is 11.1. The molecule has 0 aromatic heterocycles. The van der Waals surface area contributed by atoms with Gasteiger partial charge in [-0.3, -0.25) is 10.1 Å². The maximum absolute atomic E-state index is 10.9. The highest BCUT2D eigenvalue weighted by Gasteiger charge is 2.14. The van der Waals surface area contributed by atoms with Crippen molar-refractivity contribution < 1.29 is 9.66 Å². The number of ether oxygens (including phenoxy) is 1. The number of aryl methyl sites for hydroxylation is 1. The Morgan fingerprint density at radius 1 is 1.21 bits per heavy atom. The van der Waals surface area contributed by atoms with Crippen LogP contribution in [0.1, 0.15) is 11.1 Å². The van der Waals surface area contributed by atoms with Gasteiger partial charge in [-0.1, -0.05) is 29.3 Å². The van der Waals surface area contributed by atoms with Crippen molar-refractivity contribution in [2.75, 3.05) is 0 Å². The molecule has 98 valence electrons. The number of benzene rings is 2. The highest BCUT2D eigenvalue weighted by atomic mass is 35.5. The minimum absolute atomic E-state index is 0.0107. The number of nitro benzene ring substituents is 1. The van der Waals surface area contributed by atoms with Crippen LogP contribution in [0.2, 0.25) is 5.02 Å². The van der Waals surface area contributed by atoms with Gasteiger partial charge < -0.3 is 4.74 Å². The lowest BCUT2D eigenvalue weighted by atomic mass is 10.2. The maximum Gasteiger partial charge on any atom is 0.276 e. The van der Waals surface area contributed by atoms with Gasteiger partial charge in [-0.25, -0.2) is 0 Å². The first-order valence-corrected chi connectivity index (χ1v) is 6.06. The minimum atomic E-state index is -0.440. The third kappa shape index (κ3) is 3.45. The average molecular weight is 278 g/mol. The first-order valence-electron chi connectivity index (χ1n) is 5.68. The Bertz CT molecular complexity index is 596. The molecule has 0 spiro atoms. The summed E-state index contributed by atoms with van der Waals surface area (Å²) in [6, 6.07) is 11.9. The van der Waals surface area contributed by atoms with Gasteiger partial charge >= 0.3 is 0 Å². The van der Waals surface area contributed by atoms with Crippen molar-refractivity contribution in [1.29, 1.82) is 0 Å². The van der Waals surface area contributed by atoms with Crippen molar-refractivity contribution in [3.05, 3.63) is 68.7 Å². The second-order valence-corrected chi connectivity index (χ2v) is 4.57. The number of rotatable bonds is 4. The normalized spacial score (nSPS) is 10.2. The van der Waals surface area contributed by atoms with Gasteiger partial charge in [-0.2, -0.15) is 0 Å². The molecular weight excluding hydrogens is 266 g/mol. The molecule has 0 amide bonds. The van der Waals surface area contributed by atoms with Crippen LogP contribution in [0, 0.1) is 17.0 Å². The predicted molar refractivity (Wildman–Crippen MR) is 73.6 cm³/mol. The van der Waals surface area contributed by atoms with Crippen molar-refractivity contribution in [2.24, 2.45) is 0 Å². The van der Waals surface area contributed by atoms with Crippen LogP contribution in [-0.2, 0) is 6.61 Å². The lowest BCUT2D eigenvalue weighted by molar-refractivity contribution is -0.385. The number of hydrogen-bond acceptors (Lipinski definition) is 3. The Balaban J connectivity index is 2.16. The minimum Gasteiger partial charge on any atom is -0.489 e. The molecule has 0 aliphatic carbocycles. The number of halogens is 1. The van der Waals surface area contributed by atoms with Crippen molar-refractivity contribution in [3.63, 3.8) is 0 Å². The van der Waals surface area contributed by atoms with E-state index in [1.54, 1.807) is 6.07 Å². The van der Waals surface area contributed by atoms with Gasteiger partial charge in [0.2, 0.25) is 0 Å². The SMILES string of the molecule is Cc1ccc(OCc2cc(Cl)ccc2[N+](=O)[O-])cc1. The number of nitrogens with zero attached hydrogens (tertiary/aromatic N) is 1. The van der Waals surface area contributed by atoms with Crippen LogP contribution in [0.25, 0.3) is 0 Å². The fourth-order valence-corrected chi connectivity index (χ4v) is 1.84. The summed E-state index contributed by atoms with van der Waals surface area (Å²) in [6.45, 7) is 2.09. The third-order valence-corrected chi connectivity index (χ3v) is 2.89. The highest BCUT2D eigenvalue weighted by molar-refractivity contribution is 6.30. The largest absolute Gasteiger partial charge is 0.489 e. The van der Waals surface area contributed by atoms with Crippen LogP contribution in [0.15, 0.2) is 42.5 Å². The summed E-state index contributed by atoms with van der Waals surface area (Å²) in [5, 5.41) is 11.3. The van der Waals surface area contributed by atoms with E-state index in [0.717, 1.165) is 5.56 Å². The molecule has 0 saturated heterocycles. The molecule has 0 bridgehead atoms. The van der Waals surface area contributed by atoms with E-state index in [1.807, 2.05) is 31.2 Å². The van der Waals surface area contributed by atoms with Crippen molar-refractivity contribution in [3.8, 4) is 5.75 Å². The summed E-state index contributed by atoms with van der Waals surface area (Å²) in [5.41, 5.74) is 1.59. The molecule has 0 fully saturated rings. The molecule has 0 saturated carbocycles. The van der Waals surface area contributed by atoms with Gasteiger partial charge in [0.25, 0.3) is 5.69 Å². The second kappa shape index (κ2) is 5.71. The lowest BCUT2D eigenvalue weighted by Gasteiger charge is -2.07. The molecule has 0 atom stereocenters. The molecule has 0 heterocycles. The van der Waals surface area contributed by atoms with E-state index in [1.165, 1.54) is 12.1 Å². The van der Waals surface area contributed by atoms with E-state index in [9.17, 15) is 10.1 Å². The standard InChI is InChI=1S/C14H12ClNO3/c1-10-2-5-13(6-3-10)19-9-11-8-12(15)4-7-14(11)16(17)18/h2-8H,9H2,1H3. The number of nitro groups is 1. The van der Waals surface area contributed by atoms with Crippen LogP contribution in [0.3, 0.4) is 0 Å². The Labute approximate surface area is 115 Å². The Kier molecular flexibility index (Phi) is 4.02. The Morgan fingerprint density at radius 3 is 2.53 bits per heavy atom. The van der Waals surface area contributed by atoms with Crippen molar-refractivity contribution in [2.45, 2.75) is 13.5 Å². The first-order chi connectivity index (χ1) is 9.06. The maximum atomic E-state index is 10.9. The van der Waals surface area contributed by atoms with E-state index in [0.29, 0.717) is 16.3 Å². The molecule has 5 heteroatoms. The van der Waals surface area contributed by atoms with Crippen LogP contribution in [0.5, 0.6) is 5.75 Å². The molecule has 0 radical (unpaired) electrons. The molecule has 4 nitrogen and oxygen atoms in total. The predicted octanol–water partition coefficient (Wildman–Crippen LogP) is 4.14. The third-order valence-electron chi connectivity index (χ3n) is 2.65. The molecule has 0 N–H and O–H groups in total. The first kappa shape index (κ1) is 13.4. The molecular formula is C14H12ClNO3. The molecule has 2 rings (SSSR count). The van der Waals surface area contributed by atoms with E-state index >= 15 is 0 Å². The monoisotopic (exact) mass is 277 g/mol. The zero-order valence-electron chi connectivity index (χ0n) is 10.3. The van der Waals surface area contributed by atoms with E-state index in [2.05, 4.69) is 0 Å². The molecule has 0 unspecified atom stereocenters. The molecule has 2 aromatic rings. The Morgan fingerprint density at radius 2 is 1.89 bits per heavy atom. The summed E-state index contributed by atoms with van der Waals surface area (Å²) >= 11 is 5.85. The highest BCUT2D eigenvalue weighted by Crippen LogP contribution is 2.24. The van der Waals surface area contributed by atoms with Gasteiger partial charge in [0.1, 0.15) is 12.4 Å². The van der Waals surface area contributed by atoms with Gasteiger partial charge in [0.15, 0.2) is 0 Å². The molecule has 0 aliphatic rings. The quantitative estimate of drug-likeness (QED) is 0.623. The van der Waals surface area contributed by atoms with E-state index in [4.69, 9.17) is 16.3 Å². The topological polar surface area (TPSA) is 52.4 Å². The summed E-state index contributed by atoms with van der Waals surface area (Å²) in [4.78, 5) is 10.5. The second-order valence-electron chi connectivity index (χ2n) is 4.13. The molecule has 2 aromatic carbocycles. The number of hydrogen-bond donors (Lipinski definition) is 0. The van der Waals surface area contributed by atoms with E-state index in [-0.39, 0.29) is 12.3 Å². The van der Waals surface area contributed by atoms with Crippen LogP contribution in [0.4, 0.5) is 5.69 Å². The average Bonchev–Trinajstić information content (AvgIpc) is 2.38. The fourth-order valence-electron chi connectivity index (χ4n) is 1.64. The van der Waals surface area contributed by atoms with E-state index < -0.39 is 4.92 Å². The summed E-state index contributed by atoms with van der Waals surface area (Å²) in [5.74, 6) is 0.667. The molecule has 19 heavy (non-hydrogen) atoms. The molecule has 0 aliphatic heterocycles. The fraction of sp³-hybridized carbons (Fsp3) is 0.143.